The van der Waals surface area contributed by atoms with Crippen molar-refractivity contribution in [2.45, 2.75) is 33.3 Å². The third kappa shape index (κ3) is 6.68. The van der Waals surface area contributed by atoms with Gasteiger partial charge >= 0.3 is 0 Å². The van der Waals surface area contributed by atoms with Crippen molar-refractivity contribution in [3.8, 4) is 0 Å². The minimum Gasteiger partial charge on any atom is -0.389 e. The lowest BCUT2D eigenvalue weighted by Gasteiger charge is -2.13. The molecule has 0 spiro atoms. The van der Waals surface area contributed by atoms with Crippen LogP contribution in [0.3, 0.4) is 0 Å². The summed E-state index contributed by atoms with van der Waals surface area (Å²) in [6, 6.07) is 0. The van der Waals surface area contributed by atoms with E-state index in [9.17, 15) is 5.11 Å². The molecular weight excluding hydrogens is 234 g/mol. The third-order valence-electron chi connectivity index (χ3n) is 2.23. The van der Waals surface area contributed by atoms with Gasteiger partial charge in [-0.25, -0.2) is 0 Å². The van der Waals surface area contributed by atoms with E-state index in [-0.39, 0.29) is 0 Å². The normalized spacial score (nSPS) is 13.2. The van der Waals surface area contributed by atoms with Gasteiger partial charge in [0.25, 0.3) is 0 Å². The summed E-state index contributed by atoms with van der Waals surface area (Å²) in [5.74, 6) is 1.75. The molecule has 0 amide bonds. The second kappa shape index (κ2) is 8.18. The molecule has 104 valence electrons. The summed E-state index contributed by atoms with van der Waals surface area (Å²) < 4.78 is 10.3. The van der Waals surface area contributed by atoms with Gasteiger partial charge < -0.3 is 19.7 Å². The second-order valence-corrected chi connectivity index (χ2v) is 4.77. The first-order valence-electron chi connectivity index (χ1n) is 6.33. The Balaban J connectivity index is 2.00. The highest BCUT2D eigenvalue weighted by atomic mass is 16.5. The standard InChI is InChI=1S/C12H23N3O3/c1-9(2)7-17-8-11(16)6-13-5-4-12-14-10(3)15-18-12/h9,11,13,16H,4-8H2,1-3H3. The molecular formula is C12H23N3O3. The molecule has 18 heavy (non-hydrogen) atoms. The molecule has 0 aliphatic heterocycles. The SMILES string of the molecule is Cc1noc(CCNCC(O)COCC(C)C)n1. The van der Waals surface area contributed by atoms with E-state index in [1.54, 1.807) is 6.92 Å². The van der Waals surface area contributed by atoms with E-state index in [4.69, 9.17) is 9.26 Å². The summed E-state index contributed by atoms with van der Waals surface area (Å²) in [5.41, 5.74) is 0. The highest BCUT2D eigenvalue weighted by Crippen LogP contribution is 1.96. The molecule has 0 bridgehead atoms. The van der Waals surface area contributed by atoms with Crippen molar-refractivity contribution >= 4 is 0 Å². The van der Waals surface area contributed by atoms with Gasteiger partial charge in [0.1, 0.15) is 0 Å². The molecule has 1 heterocycles. The molecule has 1 aromatic heterocycles. The summed E-state index contributed by atoms with van der Waals surface area (Å²) in [4.78, 5) is 4.09. The fourth-order valence-corrected chi connectivity index (χ4v) is 1.40. The summed E-state index contributed by atoms with van der Waals surface area (Å²) in [6.45, 7) is 8.20. The Morgan fingerprint density at radius 2 is 2.17 bits per heavy atom. The van der Waals surface area contributed by atoms with Crippen molar-refractivity contribution < 1.29 is 14.4 Å². The Kier molecular flexibility index (Phi) is 6.85. The van der Waals surface area contributed by atoms with Gasteiger partial charge in [0, 0.05) is 26.1 Å². The van der Waals surface area contributed by atoms with Gasteiger partial charge in [-0.05, 0) is 12.8 Å². The first kappa shape index (κ1) is 15.1. The summed E-state index contributed by atoms with van der Waals surface area (Å²) in [6.07, 6.45) is 0.189. The highest BCUT2D eigenvalue weighted by molar-refractivity contribution is 4.83. The van der Waals surface area contributed by atoms with Gasteiger partial charge in [-0.1, -0.05) is 19.0 Å². The molecule has 1 aromatic rings. The van der Waals surface area contributed by atoms with Crippen LogP contribution in [-0.4, -0.2) is 47.7 Å². The topological polar surface area (TPSA) is 80.4 Å². The fourth-order valence-electron chi connectivity index (χ4n) is 1.40. The lowest BCUT2D eigenvalue weighted by molar-refractivity contribution is 0.0262. The predicted molar refractivity (Wildman–Crippen MR) is 67.3 cm³/mol. The highest BCUT2D eigenvalue weighted by Gasteiger charge is 2.06. The number of ether oxygens (including phenoxy) is 1. The van der Waals surface area contributed by atoms with Crippen molar-refractivity contribution in [1.82, 2.24) is 15.5 Å². The first-order valence-corrected chi connectivity index (χ1v) is 6.33. The van der Waals surface area contributed by atoms with Crippen LogP contribution in [0.25, 0.3) is 0 Å². The third-order valence-corrected chi connectivity index (χ3v) is 2.23. The fraction of sp³-hybridized carbons (Fsp3) is 0.833. The lowest BCUT2D eigenvalue weighted by Crippen LogP contribution is -2.32. The number of aliphatic hydroxyl groups is 1. The van der Waals surface area contributed by atoms with Gasteiger partial charge in [0.15, 0.2) is 5.82 Å². The smallest absolute Gasteiger partial charge is 0.227 e. The van der Waals surface area contributed by atoms with Crippen molar-refractivity contribution in [3.63, 3.8) is 0 Å². The minimum atomic E-state index is -0.479. The molecule has 1 rings (SSSR count). The Morgan fingerprint density at radius 1 is 1.39 bits per heavy atom. The van der Waals surface area contributed by atoms with Crippen LogP contribution >= 0.6 is 0 Å². The second-order valence-electron chi connectivity index (χ2n) is 4.77. The van der Waals surface area contributed by atoms with E-state index in [2.05, 4.69) is 29.3 Å². The maximum Gasteiger partial charge on any atom is 0.227 e. The molecule has 0 aromatic carbocycles. The van der Waals surface area contributed by atoms with Crippen LogP contribution < -0.4 is 5.32 Å². The van der Waals surface area contributed by atoms with Gasteiger partial charge in [0.05, 0.1) is 12.7 Å². The minimum absolute atomic E-state index is 0.366. The molecule has 0 radical (unpaired) electrons. The van der Waals surface area contributed by atoms with E-state index in [0.717, 1.165) is 0 Å². The zero-order valence-corrected chi connectivity index (χ0v) is 11.3. The largest absolute Gasteiger partial charge is 0.389 e. The number of aryl methyl sites for hydroxylation is 1. The molecule has 1 atom stereocenters. The molecule has 6 heteroatoms. The van der Waals surface area contributed by atoms with Crippen LogP contribution in [0.5, 0.6) is 0 Å². The van der Waals surface area contributed by atoms with Crippen molar-refractivity contribution in [2.24, 2.45) is 5.92 Å². The van der Waals surface area contributed by atoms with Crippen molar-refractivity contribution in [2.75, 3.05) is 26.3 Å². The van der Waals surface area contributed by atoms with E-state index >= 15 is 0 Å². The number of nitrogens with one attached hydrogen (secondary N) is 1. The molecule has 0 aliphatic carbocycles. The maximum atomic E-state index is 9.62. The van der Waals surface area contributed by atoms with E-state index in [1.165, 1.54) is 0 Å². The zero-order chi connectivity index (χ0) is 13.4. The van der Waals surface area contributed by atoms with Crippen LogP contribution in [0.15, 0.2) is 4.52 Å². The molecule has 0 aliphatic rings. The summed E-state index contributed by atoms with van der Waals surface area (Å²) in [5, 5.41) is 16.5. The molecule has 2 N–H and O–H groups in total. The number of aromatic nitrogens is 2. The van der Waals surface area contributed by atoms with Gasteiger partial charge in [-0.3, -0.25) is 0 Å². The monoisotopic (exact) mass is 257 g/mol. The number of hydrogen-bond acceptors (Lipinski definition) is 6. The lowest BCUT2D eigenvalue weighted by atomic mass is 10.2. The van der Waals surface area contributed by atoms with Crippen LogP contribution in [0.4, 0.5) is 0 Å². The number of rotatable bonds is 9. The number of aliphatic hydroxyl groups excluding tert-OH is 1. The Bertz CT molecular complexity index is 328. The Hall–Kier alpha value is -0.980. The quantitative estimate of drug-likeness (QED) is 0.629. The molecule has 1 unspecified atom stereocenters. The Morgan fingerprint density at radius 3 is 2.78 bits per heavy atom. The van der Waals surface area contributed by atoms with Crippen LogP contribution in [0.2, 0.25) is 0 Å². The average molecular weight is 257 g/mol. The molecule has 0 saturated carbocycles. The summed E-state index contributed by atoms with van der Waals surface area (Å²) >= 11 is 0. The summed E-state index contributed by atoms with van der Waals surface area (Å²) in [7, 11) is 0. The predicted octanol–water partition coefficient (Wildman–Crippen LogP) is 0.544. The van der Waals surface area contributed by atoms with E-state index in [1.807, 2.05) is 0 Å². The van der Waals surface area contributed by atoms with Gasteiger partial charge in [-0.15, -0.1) is 0 Å². The van der Waals surface area contributed by atoms with E-state index in [0.29, 0.717) is 50.4 Å². The number of hydrogen-bond donors (Lipinski definition) is 2. The molecule has 6 nitrogen and oxygen atoms in total. The maximum absolute atomic E-state index is 9.62. The van der Waals surface area contributed by atoms with Gasteiger partial charge in [0.2, 0.25) is 5.89 Å². The van der Waals surface area contributed by atoms with E-state index < -0.39 is 6.10 Å². The molecule has 0 fully saturated rings. The van der Waals surface area contributed by atoms with Crippen LogP contribution in [-0.2, 0) is 11.2 Å². The van der Waals surface area contributed by atoms with Crippen molar-refractivity contribution in [1.29, 1.82) is 0 Å². The van der Waals surface area contributed by atoms with Crippen molar-refractivity contribution in [3.05, 3.63) is 11.7 Å². The van der Waals surface area contributed by atoms with Crippen LogP contribution in [0, 0.1) is 12.8 Å². The number of nitrogens with zero attached hydrogens (tertiary/aromatic N) is 2. The van der Waals surface area contributed by atoms with Gasteiger partial charge in [-0.2, -0.15) is 4.98 Å². The Labute approximate surface area is 108 Å². The zero-order valence-electron chi connectivity index (χ0n) is 11.3. The van der Waals surface area contributed by atoms with Crippen LogP contribution in [0.1, 0.15) is 25.6 Å². The average Bonchev–Trinajstić information content (AvgIpc) is 2.70. The first-order chi connectivity index (χ1) is 8.58. The molecule has 0 saturated heterocycles.